The molecule has 1 aliphatic carbocycles. The Morgan fingerprint density at radius 2 is 2.38 bits per heavy atom. The average Bonchev–Trinajstić information content (AvgIpc) is 3.00. The van der Waals surface area contributed by atoms with E-state index in [0.29, 0.717) is 0 Å². The van der Waals surface area contributed by atoms with Crippen LogP contribution in [0.1, 0.15) is 25.7 Å². The van der Waals surface area contributed by atoms with Gasteiger partial charge in [0.25, 0.3) is 0 Å². The van der Waals surface area contributed by atoms with Crippen LogP contribution in [0.2, 0.25) is 0 Å². The number of nitriles is 1. The number of nitrogens with zero attached hydrogens (tertiary/aromatic N) is 1. The minimum absolute atomic E-state index is 0.263. The van der Waals surface area contributed by atoms with Crippen LogP contribution in [0.5, 0.6) is 0 Å². The normalized spacial score (nSPS) is 34.1. The third-order valence-corrected chi connectivity index (χ3v) is 3.02. The van der Waals surface area contributed by atoms with Gasteiger partial charge in [0.1, 0.15) is 5.54 Å². The first-order valence-corrected chi connectivity index (χ1v) is 5.22. The van der Waals surface area contributed by atoms with Crippen molar-refractivity contribution in [3.63, 3.8) is 0 Å². The van der Waals surface area contributed by atoms with E-state index >= 15 is 0 Å². The van der Waals surface area contributed by atoms with E-state index in [9.17, 15) is 0 Å². The van der Waals surface area contributed by atoms with Crippen LogP contribution in [-0.4, -0.2) is 25.2 Å². The van der Waals surface area contributed by atoms with Crippen molar-refractivity contribution in [3.05, 3.63) is 0 Å². The fourth-order valence-corrected chi connectivity index (χ4v) is 1.85. The lowest BCUT2D eigenvalue weighted by atomic mass is 9.91. The van der Waals surface area contributed by atoms with Gasteiger partial charge in [0.05, 0.1) is 6.07 Å². The van der Waals surface area contributed by atoms with Gasteiger partial charge in [-0.3, -0.25) is 5.32 Å². The molecule has 0 spiro atoms. The molecule has 1 unspecified atom stereocenters. The summed E-state index contributed by atoms with van der Waals surface area (Å²) in [6.07, 6.45) is 4.82. The SMILES string of the molecule is N#CC1(NCC2CC2)CCCNC1. The minimum Gasteiger partial charge on any atom is -0.314 e. The molecule has 2 aliphatic rings. The van der Waals surface area contributed by atoms with Crippen LogP contribution in [0, 0.1) is 17.2 Å². The number of rotatable bonds is 3. The first-order valence-electron chi connectivity index (χ1n) is 5.22. The summed E-state index contributed by atoms with van der Waals surface area (Å²) in [4.78, 5) is 0. The molecule has 2 fully saturated rings. The van der Waals surface area contributed by atoms with Gasteiger partial charge in [-0.05, 0) is 44.7 Å². The monoisotopic (exact) mass is 179 g/mol. The topological polar surface area (TPSA) is 47.9 Å². The summed E-state index contributed by atoms with van der Waals surface area (Å²) in [5.74, 6) is 0.854. The highest BCUT2D eigenvalue weighted by molar-refractivity contribution is 5.10. The summed E-state index contributed by atoms with van der Waals surface area (Å²) in [5, 5.41) is 15.8. The molecule has 3 heteroatoms. The number of piperidine rings is 1. The lowest BCUT2D eigenvalue weighted by Crippen LogP contribution is -2.55. The molecule has 72 valence electrons. The quantitative estimate of drug-likeness (QED) is 0.668. The van der Waals surface area contributed by atoms with Gasteiger partial charge in [0.15, 0.2) is 0 Å². The minimum atomic E-state index is -0.263. The van der Waals surface area contributed by atoms with E-state index in [0.717, 1.165) is 38.4 Å². The Balaban J connectivity index is 1.85. The maximum Gasteiger partial charge on any atom is 0.119 e. The Labute approximate surface area is 79.5 Å². The van der Waals surface area contributed by atoms with Gasteiger partial charge in [0.2, 0.25) is 0 Å². The molecule has 1 saturated carbocycles. The van der Waals surface area contributed by atoms with Gasteiger partial charge in [-0.25, -0.2) is 0 Å². The van der Waals surface area contributed by atoms with Crippen LogP contribution in [0.4, 0.5) is 0 Å². The van der Waals surface area contributed by atoms with Crippen LogP contribution in [-0.2, 0) is 0 Å². The van der Waals surface area contributed by atoms with E-state index in [4.69, 9.17) is 5.26 Å². The van der Waals surface area contributed by atoms with Gasteiger partial charge in [-0.2, -0.15) is 5.26 Å². The van der Waals surface area contributed by atoms with Crippen molar-refractivity contribution in [3.8, 4) is 6.07 Å². The third-order valence-electron chi connectivity index (χ3n) is 3.02. The molecule has 0 aromatic heterocycles. The molecule has 1 aliphatic heterocycles. The van der Waals surface area contributed by atoms with Gasteiger partial charge >= 0.3 is 0 Å². The zero-order valence-corrected chi connectivity index (χ0v) is 7.97. The molecule has 0 bridgehead atoms. The first kappa shape index (κ1) is 8.98. The van der Waals surface area contributed by atoms with Crippen LogP contribution < -0.4 is 10.6 Å². The summed E-state index contributed by atoms with van der Waals surface area (Å²) in [6, 6.07) is 2.43. The molecule has 0 amide bonds. The zero-order chi connectivity index (χ0) is 9.15. The lowest BCUT2D eigenvalue weighted by molar-refractivity contribution is 0.312. The molecule has 0 aromatic carbocycles. The van der Waals surface area contributed by atoms with Gasteiger partial charge < -0.3 is 5.32 Å². The van der Waals surface area contributed by atoms with Crippen molar-refractivity contribution in [1.82, 2.24) is 10.6 Å². The Hall–Kier alpha value is -0.590. The highest BCUT2D eigenvalue weighted by Gasteiger charge is 2.33. The molecule has 0 aromatic rings. The largest absolute Gasteiger partial charge is 0.314 e. The predicted octanol–water partition coefficient (Wildman–Crippen LogP) is 0.632. The summed E-state index contributed by atoms with van der Waals surface area (Å²) >= 11 is 0. The second-order valence-electron chi connectivity index (χ2n) is 4.30. The molecule has 1 atom stereocenters. The smallest absolute Gasteiger partial charge is 0.119 e. The highest BCUT2D eigenvalue weighted by Crippen LogP contribution is 2.28. The Morgan fingerprint density at radius 3 is 2.92 bits per heavy atom. The summed E-state index contributed by atoms with van der Waals surface area (Å²) in [5.41, 5.74) is -0.263. The van der Waals surface area contributed by atoms with Gasteiger partial charge in [-0.15, -0.1) is 0 Å². The van der Waals surface area contributed by atoms with Crippen LogP contribution in [0.25, 0.3) is 0 Å². The van der Waals surface area contributed by atoms with Crippen LogP contribution in [0.15, 0.2) is 0 Å². The van der Waals surface area contributed by atoms with E-state index in [1.54, 1.807) is 0 Å². The van der Waals surface area contributed by atoms with Crippen LogP contribution in [0.3, 0.4) is 0 Å². The van der Waals surface area contributed by atoms with Crippen molar-refractivity contribution >= 4 is 0 Å². The number of nitrogens with one attached hydrogen (secondary N) is 2. The van der Waals surface area contributed by atoms with Crippen LogP contribution >= 0.6 is 0 Å². The van der Waals surface area contributed by atoms with E-state index in [1.165, 1.54) is 12.8 Å². The maximum absolute atomic E-state index is 9.12. The standard InChI is InChI=1S/C10H17N3/c11-7-10(4-1-5-12-8-10)13-6-9-2-3-9/h9,12-13H,1-6,8H2. The zero-order valence-electron chi connectivity index (χ0n) is 7.97. The Kier molecular flexibility index (Phi) is 2.52. The molecule has 0 radical (unpaired) electrons. The van der Waals surface area contributed by atoms with E-state index < -0.39 is 0 Å². The molecular weight excluding hydrogens is 162 g/mol. The molecular formula is C10H17N3. The second kappa shape index (κ2) is 3.65. The second-order valence-corrected chi connectivity index (χ2v) is 4.30. The van der Waals surface area contributed by atoms with Crippen molar-refractivity contribution < 1.29 is 0 Å². The fraction of sp³-hybridized carbons (Fsp3) is 0.900. The Bertz CT molecular complexity index is 209. The molecule has 13 heavy (non-hydrogen) atoms. The van der Waals surface area contributed by atoms with E-state index in [-0.39, 0.29) is 5.54 Å². The van der Waals surface area contributed by atoms with Gasteiger partial charge in [-0.1, -0.05) is 0 Å². The Morgan fingerprint density at radius 1 is 1.54 bits per heavy atom. The van der Waals surface area contributed by atoms with Crippen molar-refractivity contribution in [1.29, 1.82) is 5.26 Å². The summed E-state index contributed by atoms with van der Waals surface area (Å²) in [7, 11) is 0. The van der Waals surface area contributed by atoms with Crippen molar-refractivity contribution in [2.75, 3.05) is 19.6 Å². The summed E-state index contributed by atoms with van der Waals surface area (Å²) in [6.45, 7) is 2.92. The predicted molar refractivity (Wildman–Crippen MR) is 51.2 cm³/mol. The van der Waals surface area contributed by atoms with Crippen molar-refractivity contribution in [2.45, 2.75) is 31.2 Å². The number of hydrogen-bond acceptors (Lipinski definition) is 3. The molecule has 1 saturated heterocycles. The molecule has 2 rings (SSSR count). The van der Waals surface area contributed by atoms with E-state index in [2.05, 4.69) is 16.7 Å². The highest BCUT2D eigenvalue weighted by atomic mass is 15.1. The molecule has 3 nitrogen and oxygen atoms in total. The molecule has 2 N–H and O–H groups in total. The fourth-order valence-electron chi connectivity index (χ4n) is 1.85. The third kappa shape index (κ3) is 2.20. The lowest BCUT2D eigenvalue weighted by Gasteiger charge is -2.32. The summed E-state index contributed by atoms with van der Waals surface area (Å²) < 4.78 is 0. The first-order chi connectivity index (χ1) is 6.35. The van der Waals surface area contributed by atoms with E-state index in [1.807, 2.05) is 0 Å². The molecule has 1 heterocycles. The average molecular weight is 179 g/mol. The maximum atomic E-state index is 9.12. The van der Waals surface area contributed by atoms with Gasteiger partial charge in [0, 0.05) is 6.54 Å². The number of hydrogen-bond donors (Lipinski definition) is 2. The van der Waals surface area contributed by atoms with Crippen molar-refractivity contribution in [2.24, 2.45) is 5.92 Å².